The van der Waals surface area contributed by atoms with Crippen molar-refractivity contribution in [3.05, 3.63) is 0 Å². The number of carbonyl (C=O) groups excluding carboxylic acids is 1. The smallest absolute Gasteiger partial charge is 0.133 e. The van der Waals surface area contributed by atoms with E-state index in [4.69, 9.17) is 4.74 Å². The third kappa shape index (κ3) is 11.4. The maximum absolute atomic E-state index is 12.0. The first kappa shape index (κ1) is 23.7. The van der Waals surface area contributed by atoms with Gasteiger partial charge in [-0.1, -0.05) is 97.8 Å². The van der Waals surface area contributed by atoms with Gasteiger partial charge in [0, 0.05) is 19.4 Å². The highest BCUT2D eigenvalue weighted by atomic mass is 16.5. The van der Waals surface area contributed by atoms with Gasteiger partial charge < -0.3 is 4.74 Å². The lowest BCUT2D eigenvalue weighted by Crippen LogP contribution is -2.17. The Hall–Kier alpha value is -0.370. The Labute approximate surface area is 163 Å². The summed E-state index contributed by atoms with van der Waals surface area (Å²) in [4.78, 5) is 12.0. The first-order valence-electron chi connectivity index (χ1n) is 11.8. The third-order valence-electron chi connectivity index (χ3n) is 6.32. The molecule has 1 heterocycles. The van der Waals surface area contributed by atoms with Gasteiger partial charge >= 0.3 is 0 Å². The second kappa shape index (κ2) is 15.7. The molecule has 1 rings (SSSR count). The van der Waals surface area contributed by atoms with Gasteiger partial charge in [-0.2, -0.15) is 0 Å². The summed E-state index contributed by atoms with van der Waals surface area (Å²) in [6, 6.07) is 0. The lowest BCUT2D eigenvalue weighted by molar-refractivity contribution is -0.119. The van der Waals surface area contributed by atoms with E-state index in [9.17, 15) is 4.79 Å². The summed E-state index contributed by atoms with van der Waals surface area (Å²) in [6.07, 6.45) is 20.5. The summed E-state index contributed by atoms with van der Waals surface area (Å²) in [5.74, 6) is 1.71. The van der Waals surface area contributed by atoms with Crippen molar-refractivity contribution in [2.45, 2.75) is 130 Å². The Balaban J connectivity index is 1.80. The summed E-state index contributed by atoms with van der Waals surface area (Å²) in [7, 11) is 0. The molecular weight excluding hydrogens is 320 g/mol. The minimum Gasteiger partial charge on any atom is -0.378 e. The van der Waals surface area contributed by atoms with Gasteiger partial charge in [0.25, 0.3) is 0 Å². The topological polar surface area (TPSA) is 26.3 Å². The van der Waals surface area contributed by atoms with Crippen LogP contribution in [0.5, 0.6) is 0 Å². The van der Waals surface area contributed by atoms with Gasteiger partial charge in [0.2, 0.25) is 0 Å². The van der Waals surface area contributed by atoms with Gasteiger partial charge in [0.05, 0.1) is 6.10 Å². The van der Waals surface area contributed by atoms with Gasteiger partial charge in [0.1, 0.15) is 5.78 Å². The zero-order valence-electron chi connectivity index (χ0n) is 18.1. The second-order valence-corrected chi connectivity index (χ2v) is 8.78. The molecule has 1 aliphatic heterocycles. The first-order valence-corrected chi connectivity index (χ1v) is 11.8. The lowest BCUT2D eigenvalue weighted by Gasteiger charge is -2.15. The molecule has 0 bridgehead atoms. The molecule has 0 aliphatic carbocycles. The molecule has 0 saturated carbocycles. The number of ketones is 1. The molecule has 2 nitrogen and oxygen atoms in total. The van der Waals surface area contributed by atoms with Crippen LogP contribution in [-0.4, -0.2) is 18.5 Å². The third-order valence-corrected chi connectivity index (χ3v) is 6.32. The van der Waals surface area contributed by atoms with Crippen LogP contribution in [0.25, 0.3) is 0 Å². The number of Topliss-reactive ketones (excluding diaryl/α,β-unsaturated/α-hetero) is 1. The zero-order chi connectivity index (χ0) is 19.0. The molecule has 0 spiro atoms. The fourth-order valence-electron chi connectivity index (χ4n) is 4.06. The highest BCUT2D eigenvalue weighted by Crippen LogP contribution is 2.29. The second-order valence-electron chi connectivity index (χ2n) is 8.78. The number of hydrogen-bond donors (Lipinski definition) is 0. The van der Waals surface area contributed by atoms with Crippen LogP contribution in [-0.2, 0) is 9.53 Å². The Morgan fingerprint density at radius 2 is 1.27 bits per heavy atom. The van der Waals surface area contributed by atoms with Gasteiger partial charge in [-0.25, -0.2) is 0 Å². The molecule has 0 amide bonds. The van der Waals surface area contributed by atoms with Crippen molar-refractivity contribution in [1.82, 2.24) is 0 Å². The average Bonchev–Trinajstić information content (AvgIpc) is 2.95. The fourth-order valence-corrected chi connectivity index (χ4v) is 4.06. The van der Waals surface area contributed by atoms with E-state index in [1.807, 2.05) is 0 Å². The molecular formula is C24H46O2. The van der Waals surface area contributed by atoms with Gasteiger partial charge in [-0.15, -0.1) is 0 Å². The highest BCUT2D eigenvalue weighted by molar-refractivity contribution is 5.78. The summed E-state index contributed by atoms with van der Waals surface area (Å²) in [5, 5.41) is 0. The fraction of sp³-hybridized carbons (Fsp3) is 0.958. The Kier molecular flexibility index (Phi) is 14.3. The molecule has 3 atom stereocenters. The van der Waals surface area contributed by atoms with Crippen LogP contribution in [0.3, 0.4) is 0 Å². The number of rotatable bonds is 17. The van der Waals surface area contributed by atoms with Crippen molar-refractivity contribution < 1.29 is 9.53 Å². The van der Waals surface area contributed by atoms with Crippen LogP contribution in [0.15, 0.2) is 0 Å². The summed E-state index contributed by atoms with van der Waals surface area (Å²) < 4.78 is 5.80. The number of ether oxygens (including phenoxy) is 1. The van der Waals surface area contributed by atoms with Crippen molar-refractivity contribution in [1.29, 1.82) is 0 Å². The predicted molar refractivity (Wildman–Crippen MR) is 113 cm³/mol. The maximum Gasteiger partial charge on any atom is 0.133 e. The molecule has 0 aromatic carbocycles. The lowest BCUT2D eigenvalue weighted by atomic mass is 9.91. The van der Waals surface area contributed by atoms with E-state index in [2.05, 4.69) is 20.8 Å². The van der Waals surface area contributed by atoms with E-state index < -0.39 is 0 Å². The van der Waals surface area contributed by atoms with E-state index in [1.54, 1.807) is 0 Å². The Bertz CT molecular complexity index is 339. The van der Waals surface area contributed by atoms with Crippen LogP contribution < -0.4 is 0 Å². The van der Waals surface area contributed by atoms with Crippen LogP contribution >= 0.6 is 0 Å². The molecule has 1 saturated heterocycles. The molecule has 3 unspecified atom stereocenters. The normalized spacial score (nSPS) is 22.8. The molecule has 1 fully saturated rings. The highest BCUT2D eigenvalue weighted by Gasteiger charge is 2.30. The Morgan fingerprint density at radius 3 is 1.73 bits per heavy atom. The average molecular weight is 367 g/mol. The van der Waals surface area contributed by atoms with Crippen LogP contribution in [0.4, 0.5) is 0 Å². The number of hydrogen-bond acceptors (Lipinski definition) is 2. The first-order chi connectivity index (χ1) is 12.6. The van der Waals surface area contributed by atoms with Crippen LogP contribution in [0, 0.1) is 11.8 Å². The monoisotopic (exact) mass is 366 g/mol. The summed E-state index contributed by atoms with van der Waals surface area (Å²) in [5.41, 5.74) is 0. The number of unbranched alkanes of at least 4 members (excludes halogenated alkanes) is 12. The van der Waals surface area contributed by atoms with E-state index in [0.29, 0.717) is 23.7 Å². The van der Waals surface area contributed by atoms with E-state index >= 15 is 0 Å². The number of carbonyl (C=O) groups is 1. The van der Waals surface area contributed by atoms with Crippen molar-refractivity contribution in [3.63, 3.8) is 0 Å². The Morgan fingerprint density at radius 1 is 0.769 bits per heavy atom. The van der Waals surface area contributed by atoms with Crippen molar-refractivity contribution in [3.8, 4) is 0 Å². The van der Waals surface area contributed by atoms with Crippen LogP contribution in [0.1, 0.15) is 124 Å². The maximum atomic E-state index is 12.0. The summed E-state index contributed by atoms with van der Waals surface area (Å²) in [6.45, 7) is 7.67. The molecule has 0 aromatic heterocycles. The molecule has 2 heteroatoms. The molecule has 1 aliphatic rings. The standard InChI is InChI=1S/C24H46O2/c1-4-5-6-7-8-9-10-11-12-13-14-15-16-17-23(25)18-19-24-22(3)21(2)20-26-24/h21-22,24H,4-20H2,1-3H3. The predicted octanol–water partition coefficient (Wildman–Crippen LogP) is 7.49. The largest absolute Gasteiger partial charge is 0.378 e. The molecule has 0 N–H and O–H groups in total. The van der Waals surface area contributed by atoms with E-state index in [1.165, 1.54) is 77.0 Å². The molecule has 0 radical (unpaired) electrons. The van der Waals surface area contributed by atoms with E-state index in [-0.39, 0.29) is 0 Å². The molecule has 0 aromatic rings. The van der Waals surface area contributed by atoms with Crippen LogP contribution in [0.2, 0.25) is 0 Å². The quantitative estimate of drug-likeness (QED) is 0.249. The van der Waals surface area contributed by atoms with Gasteiger partial charge in [-0.3, -0.25) is 4.79 Å². The van der Waals surface area contributed by atoms with Crippen molar-refractivity contribution in [2.24, 2.45) is 11.8 Å². The van der Waals surface area contributed by atoms with E-state index in [0.717, 1.165) is 32.3 Å². The molecule has 26 heavy (non-hydrogen) atoms. The van der Waals surface area contributed by atoms with Gasteiger partial charge in [-0.05, 0) is 24.7 Å². The van der Waals surface area contributed by atoms with Gasteiger partial charge in [0.15, 0.2) is 0 Å². The SMILES string of the molecule is CCCCCCCCCCCCCCCC(=O)CCC1OCC(C)C1C. The molecule has 154 valence electrons. The summed E-state index contributed by atoms with van der Waals surface area (Å²) >= 11 is 0. The minimum atomic E-state index is 0.320. The minimum absolute atomic E-state index is 0.320. The van der Waals surface area contributed by atoms with Crippen molar-refractivity contribution in [2.75, 3.05) is 6.61 Å². The van der Waals surface area contributed by atoms with Crippen molar-refractivity contribution >= 4 is 5.78 Å². The zero-order valence-corrected chi connectivity index (χ0v) is 18.1.